The zero-order valence-corrected chi connectivity index (χ0v) is 16.4. The van der Waals surface area contributed by atoms with Crippen LogP contribution in [0.15, 0.2) is 49.9 Å². The first-order valence-electron chi connectivity index (χ1n) is 7.91. The van der Waals surface area contributed by atoms with Crippen LogP contribution in [-0.2, 0) is 19.1 Å². The molecule has 156 valence electrons. The molecule has 2 N–H and O–H groups in total. The molecule has 0 saturated carbocycles. The van der Waals surface area contributed by atoms with Gasteiger partial charge in [-0.05, 0) is 25.5 Å². The van der Waals surface area contributed by atoms with E-state index in [1.54, 1.807) is 0 Å². The molecule has 0 amide bonds. The first kappa shape index (κ1) is 32.1. The molecule has 8 nitrogen and oxygen atoms in total. The fourth-order valence-corrected chi connectivity index (χ4v) is 0.939. The average molecular weight is 396 g/mol. The second-order valence-corrected chi connectivity index (χ2v) is 4.19. The summed E-state index contributed by atoms with van der Waals surface area (Å²) in [6.45, 7) is 10.8. The van der Waals surface area contributed by atoms with Crippen LogP contribution in [0.1, 0.15) is 54.3 Å². The molecule has 0 aliphatic heterocycles. The van der Waals surface area contributed by atoms with Crippen molar-refractivity contribution in [3.8, 4) is 0 Å². The third kappa shape index (κ3) is 33.9. The molecule has 0 saturated heterocycles. The van der Waals surface area contributed by atoms with E-state index in [4.69, 9.17) is 15.0 Å². The average Bonchev–Trinajstić information content (AvgIpc) is 2.64. The molecule has 0 radical (unpaired) electrons. The van der Waals surface area contributed by atoms with Crippen molar-refractivity contribution < 1.29 is 38.9 Å². The predicted molar refractivity (Wildman–Crippen MR) is 106 cm³/mol. The van der Waals surface area contributed by atoms with E-state index in [1.807, 2.05) is 6.92 Å². The zero-order chi connectivity index (χ0) is 22.8. The van der Waals surface area contributed by atoms with E-state index in [0.717, 1.165) is 31.5 Å². The Morgan fingerprint density at radius 1 is 1.11 bits per heavy atom. The van der Waals surface area contributed by atoms with Crippen LogP contribution in [0.4, 0.5) is 0 Å². The number of carboxylic acids is 1. The predicted octanol–water partition coefficient (Wildman–Crippen LogP) is 3.77. The van der Waals surface area contributed by atoms with Gasteiger partial charge >= 0.3 is 11.9 Å². The number of aliphatic hydroxyl groups is 1. The largest absolute Gasteiger partial charge is 0.516 e. The van der Waals surface area contributed by atoms with Gasteiger partial charge in [0.15, 0.2) is 0 Å². The standard InChI is InChI=1S/C8H6O3.C4H6O2.C4H8O.2C2H4O/c9-5-6-1-3-7(4-2-6)8(10)11;1-3-6-4(2)5;1-2-3-4-5;2*1-2-3/h1-5H,(H,10,11);3H,1H2,2H3;4H,2-3H2,1H3;2H,1H3;2-3H,1H2. The van der Waals surface area contributed by atoms with Gasteiger partial charge in [0, 0.05) is 18.9 Å². The van der Waals surface area contributed by atoms with Crippen LogP contribution in [0, 0.1) is 0 Å². The van der Waals surface area contributed by atoms with Gasteiger partial charge in [0.25, 0.3) is 0 Å². The number of rotatable bonds is 5. The summed E-state index contributed by atoms with van der Waals surface area (Å²) in [5.41, 5.74) is 0.672. The Hall–Kier alpha value is -3.55. The van der Waals surface area contributed by atoms with Crippen molar-refractivity contribution in [3.05, 3.63) is 61.1 Å². The quantitative estimate of drug-likeness (QED) is 0.436. The van der Waals surface area contributed by atoms with Crippen molar-refractivity contribution in [2.45, 2.75) is 33.6 Å². The van der Waals surface area contributed by atoms with Gasteiger partial charge in [-0.15, -0.1) is 0 Å². The number of unbranched alkanes of at least 4 members (excludes halogenated alkanes) is 1. The molecule has 8 heteroatoms. The topological polar surface area (TPSA) is 135 Å². The fourth-order valence-electron chi connectivity index (χ4n) is 0.939. The molecule has 28 heavy (non-hydrogen) atoms. The number of hydrogen-bond donors (Lipinski definition) is 2. The summed E-state index contributed by atoms with van der Waals surface area (Å²) < 4.78 is 4.17. The van der Waals surface area contributed by atoms with Gasteiger partial charge in [-0.3, -0.25) is 9.59 Å². The number of aromatic carboxylic acids is 1. The van der Waals surface area contributed by atoms with Gasteiger partial charge in [0.1, 0.15) is 18.9 Å². The van der Waals surface area contributed by atoms with Crippen molar-refractivity contribution in [2.75, 3.05) is 0 Å². The summed E-state index contributed by atoms with van der Waals surface area (Å²) in [5.74, 6) is -1.31. The molecule has 1 aromatic rings. The van der Waals surface area contributed by atoms with Gasteiger partial charge in [0.05, 0.1) is 18.1 Å². The second kappa shape index (κ2) is 28.3. The maximum Gasteiger partial charge on any atom is 0.335 e. The Bertz CT molecular complexity index is 556. The van der Waals surface area contributed by atoms with Gasteiger partial charge in [0.2, 0.25) is 0 Å². The van der Waals surface area contributed by atoms with Gasteiger partial charge in [-0.2, -0.15) is 0 Å². The summed E-state index contributed by atoms with van der Waals surface area (Å²) in [4.78, 5) is 48.4. The number of carbonyl (C=O) groups is 5. The van der Waals surface area contributed by atoms with E-state index in [2.05, 4.69) is 17.9 Å². The number of esters is 1. The van der Waals surface area contributed by atoms with Crippen molar-refractivity contribution in [1.29, 1.82) is 0 Å². The normalized spacial score (nSPS) is 7.25. The Kier molecular flexibility index (Phi) is 32.4. The van der Waals surface area contributed by atoms with Crippen LogP contribution in [0.3, 0.4) is 0 Å². The van der Waals surface area contributed by atoms with E-state index in [0.29, 0.717) is 18.3 Å². The van der Waals surface area contributed by atoms with Crippen LogP contribution >= 0.6 is 0 Å². The lowest BCUT2D eigenvalue weighted by atomic mass is 10.1. The molecule has 0 spiro atoms. The summed E-state index contributed by atoms with van der Waals surface area (Å²) >= 11 is 0. The summed E-state index contributed by atoms with van der Waals surface area (Å²) in [6, 6.07) is 5.73. The van der Waals surface area contributed by atoms with Gasteiger partial charge < -0.3 is 24.5 Å². The van der Waals surface area contributed by atoms with E-state index in [1.165, 1.54) is 38.1 Å². The van der Waals surface area contributed by atoms with E-state index < -0.39 is 5.97 Å². The number of aldehydes is 3. The first-order valence-corrected chi connectivity index (χ1v) is 7.91. The maximum absolute atomic E-state index is 10.3. The second-order valence-electron chi connectivity index (χ2n) is 4.19. The van der Waals surface area contributed by atoms with Crippen LogP contribution in [0.25, 0.3) is 0 Å². The lowest BCUT2D eigenvalue weighted by molar-refractivity contribution is -0.135. The minimum absolute atomic E-state index is 0.190. The third-order valence-electron chi connectivity index (χ3n) is 1.95. The molecule has 0 aliphatic rings. The number of benzene rings is 1. The van der Waals surface area contributed by atoms with Crippen molar-refractivity contribution in [2.24, 2.45) is 0 Å². The Labute approximate surface area is 165 Å². The van der Waals surface area contributed by atoms with Gasteiger partial charge in [-0.1, -0.05) is 32.2 Å². The van der Waals surface area contributed by atoms with Crippen LogP contribution in [0.5, 0.6) is 0 Å². The highest BCUT2D eigenvalue weighted by molar-refractivity contribution is 5.88. The lowest BCUT2D eigenvalue weighted by Crippen LogP contribution is -1.95. The number of carboxylic acid groups (broad SMARTS) is 1. The molecule has 0 aliphatic carbocycles. The number of aliphatic hydroxyl groups excluding tert-OH is 1. The maximum atomic E-state index is 10.3. The Balaban J connectivity index is -0.000000145. The monoisotopic (exact) mass is 396 g/mol. The summed E-state index contributed by atoms with van der Waals surface area (Å²) in [7, 11) is 0. The molecule has 0 aromatic heterocycles. The lowest BCUT2D eigenvalue weighted by Gasteiger charge is -1.92. The van der Waals surface area contributed by atoms with Gasteiger partial charge in [-0.25, -0.2) is 4.79 Å². The molecule has 0 heterocycles. The molecular formula is C20H28O8. The van der Waals surface area contributed by atoms with Crippen molar-refractivity contribution in [3.63, 3.8) is 0 Å². The van der Waals surface area contributed by atoms with Crippen LogP contribution < -0.4 is 0 Å². The van der Waals surface area contributed by atoms with E-state index >= 15 is 0 Å². The molecule has 0 bridgehead atoms. The summed E-state index contributed by atoms with van der Waals surface area (Å²) in [6.07, 6.45) is 5.89. The highest BCUT2D eigenvalue weighted by Gasteiger charge is 1.99. The van der Waals surface area contributed by atoms with E-state index in [9.17, 15) is 19.2 Å². The Morgan fingerprint density at radius 3 is 1.68 bits per heavy atom. The van der Waals surface area contributed by atoms with Crippen LogP contribution in [-0.4, -0.2) is 41.0 Å². The highest BCUT2D eigenvalue weighted by atomic mass is 16.5. The SMILES string of the molecule is C=CO.C=COC(C)=O.CC=O.CCCC=O.O=Cc1ccc(C(=O)O)cc1. The number of carbonyl (C=O) groups excluding carboxylic acids is 4. The third-order valence-corrected chi connectivity index (χ3v) is 1.95. The smallest absolute Gasteiger partial charge is 0.335 e. The van der Waals surface area contributed by atoms with Crippen molar-refractivity contribution in [1.82, 2.24) is 0 Å². The number of hydrogen-bond acceptors (Lipinski definition) is 7. The van der Waals surface area contributed by atoms with E-state index in [-0.39, 0.29) is 11.5 Å². The number of ether oxygens (including phenoxy) is 1. The zero-order valence-electron chi connectivity index (χ0n) is 16.4. The molecular weight excluding hydrogens is 368 g/mol. The van der Waals surface area contributed by atoms with Crippen LogP contribution in [0.2, 0.25) is 0 Å². The molecule has 1 rings (SSSR count). The molecule has 0 atom stereocenters. The highest BCUT2D eigenvalue weighted by Crippen LogP contribution is 2.01. The molecule has 1 aromatic carbocycles. The summed E-state index contributed by atoms with van der Waals surface area (Å²) in [5, 5.41) is 15.8. The fraction of sp³-hybridized carbons (Fsp3) is 0.250. The molecule has 0 fully saturated rings. The molecule has 0 unspecified atom stereocenters. The minimum Gasteiger partial charge on any atom is -0.516 e. The first-order chi connectivity index (χ1) is 13.2. The Morgan fingerprint density at radius 2 is 1.54 bits per heavy atom. The minimum atomic E-state index is -0.984. The van der Waals surface area contributed by atoms with Crippen molar-refractivity contribution >= 4 is 30.8 Å².